The Bertz CT molecular complexity index is 338. The van der Waals surface area contributed by atoms with Crippen molar-refractivity contribution in [1.82, 2.24) is 10.2 Å². The molecule has 2 atom stereocenters. The zero-order chi connectivity index (χ0) is 13.1. The van der Waals surface area contributed by atoms with E-state index in [2.05, 4.69) is 5.32 Å². The standard InChI is InChI=1S/C13H22N2O2/c1-5-8-9-15-10(6-2)11(16)14-13(4,7-3)12(15)17/h5,8,10H,6-7,9H2,1-4H3,(H,14,16)/b8-5+. The Morgan fingerprint density at radius 2 is 2.06 bits per heavy atom. The fraction of sp³-hybridized carbons (Fsp3) is 0.692. The number of rotatable bonds is 4. The van der Waals surface area contributed by atoms with Gasteiger partial charge in [0.25, 0.3) is 0 Å². The number of nitrogens with one attached hydrogen (secondary N) is 1. The van der Waals surface area contributed by atoms with Crippen LogP contribution in [0.3, 0.4) is 0 Å². The molecule has 1 saturated heterocycles. The maximum absolute atomic E-state index is 12.4. The van der Waals surface area contributed by atoms with Gasteiger partial charge in [0.1, 0.15) is 11.6 Å². The lowest BCUT2D eigenvalue weighted by molar-refractivity contribution is -0.153. The zero-order valence-corrected chi connectivity index (χ0v) is 11.1. The van der Waals surface area contributed by atoms with Gasteiger partial charge < -0.3 is 10.2 Å². The smallest absolute Gasteiger partial charge is 0.248 e. The predicted molar refractivity (Wildman–Crippen MR) is 67.4 cm³/mol. The first-order chi connectivity index (χ1) is 8.00. The molecule has 0 saturated carbocycles. The molecule has 1 rings (SSSR count). The van der Waals surface area contributed by atoms with E-state index in [1.54, 1.807) is 11.8 Å². The summed E-state index contributed by atoms with van der Waals surface area (Å²) in [6.45, 7) is 8.06. The number of carbonyl (C=O) groups excluding carboxylic acids is 2. The number of amides is 2. The molecule has 1 aliphatic rings. The van der Waals surface area contributed by atoms with Gasteiger partial charge in [0.15, 0.2) is 0 Å². The van der Waals surface area contributed by atoms with E-state index in [0.717, 1.165) is 0 Å². The molecule has 4 nitrogen and oxygen atoms in total. The Morgan fingerprint density at radius 3 is 2.53 bits per heavy atom. The Hall–Kier alpha value is -1.32. The molecule has 1 aliphatic heterocycles. The molecule has 4 heteroatoms. The van der Waals surface area contributed by atoms with E-state index in [0.29, 0.717) is 19.4 Å². The number of piperazine rings is 1. The largest absolute Gasteiger partial charge is 0.340 e. The van der Waals surface area contributed by atoms with Crippen LogP contribution in [0.4, 0.5) is 0 Å². The van der Waals surface area contributed by atoms with Crippen molar-refractivity contribution in [3.63, 3.8) is 0 Å². The first-order valence-corrected chi connectivity index (χ1v) is 6.24. The van der Waals surface area contributed by atoms with Crippen LogP contribution in [0.5, 0.6) is 0 Å². The van der Waals surface area contributed by atoms with Crippen molar-refractivity contribution >= 4 is 11.8 Å². The molecule has 17 heavy (non-hydrogen) atoms. The lowest BCUT2D eigenvalue weighted by Crippen LogP contribution is -2.68. The number of nitrogens with zero attached hydrogens (tertiary/aromatic N) is 1. The molecule has 0 spiro atoms. The minimum Gasteiger partial charge on any atom is -0.340 e. The molecule has 1 fully saturated rings. The highest BCUT2D eigenvalue weighted by Crippen LogP contribution is 2.22. The van der Waals surface area contributed by atoms with Gasteiger partial charge in [-0.15, -0.1) is 0 Å². The van der Waals surface area contributed by atoms with Crippen molar-refractivity contribution in [2.24, 2.45) is 0 Å². The Labute approximate surface area is 103 Å². The molecule has 96 valence electrons. The molecule has 1 heterocycles. The summed E-state index contributed by atoms with van der Waals surface area (Å²) in [6, 6.07) is -0.335. The van der Waals surface area contributed by atoms with Gasteiger partial charge in [0.2, 0.25) is 11.8 Å². The predicted octanol–water partition coefficient (Wildman–Crippen LogP) is 1.47. The van der Waals surface area contributed by atoms with Crippen molar-refractivity contribution in [2.75, 3.05) is 6.54 Å². The van der Waals surface area contributed by atoms with Gasteiger partial charge in [-0.1, -0.05) is 26.0 Å². The molecular formula is C13H22N2O2. The number of hydrogen-bond acceptors (Lipinski definition) is 2. The molecular weight excluding hydrogens is 216 g/mol. The van der Waals surface area contributed by atoms with Crippen molar-refractivity contribution in [1.29, 1.82) is 0 Å². The lowest BCUT2D eigenvalue weighted by Gasteiger charge is -2.43. The fourth-order valence-electron chi connectivity index (χ4n) is 2.08. The number of allylic oxidation sites excluding steroid dienone is 1. The van der Waals surface area contributed by atoms with Crippen LogP contribution in [0.1, 0.15) is 40.5 Å². The normalized spacial score (nSPS) is 29.9. The molecule has 2 amide bonds. The summed E-state index contributed by atoms with van der Waals surface area (Å²) >= 11 is 0. The van der Waals surface area contributed by atoms with Gasteiger partial charge >= 0.3 is 0 Å². The van der Waals surface area contributed by atoms with Gasteiger partial charge in [-0.25, -0.2) is 0 Å². The van der Waals surface area contributed by atoms with Crippen LogP contribution in [0.15, 0.2) is 12.2 Å². The van der Waals surface area contributed by atoms with Crippen molar-refractivity contribution in [3.05, 3.63) is 12.2 Å². The van der Waals surface area contributed by atoms with Crippen molar-refractivity contribution in [2.45, 2.75) is 52.1 Å². The number of carbonyl (C=O) groups is 2. The van der Waals surface area contributed by atoms with Crippen molar-refractivity contribution in [3.8, 4) is 0 Å². The Kier molecular flexibility index (Phi) is 4.32. The summed E-state index contributed by atoms with van der Waals surface area (Å²) < 4.78 is 0. The molecule has 0 aromatic carbocycles. The van der Waals surface area contributed by atoms with E-state index in [1.807, 2.05) is 32.9 Å². The van der Waals surface area contributed by atoms with Gasteiger partial charge in [0, 0.05) is 6.54 Å². The first kappa shape index (κ1) is 13.7. The van der Waals surface area contributed by atoms with Crippen molar-refractivity contribution < 1.29 is 9.59 Å². The summed E-state index contributed by atoms with van der Waals surface area (Å²) in [4.78, 5) is 26.0. The van der Waals surface area contributed by atoms with Crippen LogP contribution in [-0.4, -0.2) is 34.8 Å². The molecule has 0 aliphatic carbocycles. The van der Waals surface area contributed by atoms with Crippen LogP contribution in [0.25, 0.3) is 0 Å². The van der Waals surface area contributed by atoms with E-state index in [-0.39, 0.29) is 17.9 Å². The average molecular weight is 238 g/mol. The van der Waals surface area contributed by atoms with Crippen LogP contribution in [0, 0.1) is 0 Å². The number of hydrogen-bond donors (Lipinski definition) is 1. The van der Waals surface area contributed by atoms with E-state index >= 15 is 0 Å². The van der Waals surface area contributed by atoms with E-state index in [4.69, 9.17) is 0 Å². The van der Waals surface area contributed by atoms with E-state index in [1.165, 1.54) is 0 Å². The maximum atomic E-state index is 12.4. The second kappa shape index (κ2) is 5.34. The van der Waals surface area contributed by atoms with E-state index in [9.17, 15) is 9.59 Å². The Morgan fingerprint density at radius 1 is 1.41 bits per heavy atom. The molecule has 0 aromatic heterocycles. The molecule has 2 unspecified atom stereocenters. The van der Waals surface area contributed by atoms with Gasteiger partial charge in [-0.3, -0.25) is 9.59 Å². The quantitative estimate of drug-likeness (QED) is 0.754. The average Bonchev–Trinajstić information content (AvgIpc) is 2.31. The summed E-state index contributed by atoms with van der Waals surface area (Å²) in [6.07, 6.45) is 5.07. The van der Waals surface area contributed by atoms with Crippen LogP contribution < -0.4 is 5.32 Å². The topological polar surface area (TPSA) is 49.4 Å². The second-order valence-corrected chi connectivity index (χ2v) is 4.63. The highest BCUT2D eigenvalue weighted by atomic mass is 16.2. The monoisotopic (exact) mass is 238 g/mol. The highest BCUT2D eigenvalue weighted by molar-refractivity contribution is 5.99. The molecule has 0 bridgehead atoms. The third-order valence-electron chi connectivity index (χ3n) is 3.44. The minimum atomic E-state index is -0.746. The maximum Gasteiger partial charge on any atom is 0.248 e. The highest BCUT2D eigenvalue weighted by Gasteiger charge is 2.45. The molecule has 1 N–H and O–H groups in total. The third-order valence-corrected chi connectivity index (χ3v) is 3.44. The lowest BCUT2D eigenvalue weighted by atomic mass is 9.91. The SMILES string of the molecule is C/C=C/CN1C(=O)C(C)(CC)NC(=O)C1CC. The van der Waals surface area contributed by atoms with Crippen LogP contribution in [-0.2, 0) is 9.59 Å². The van der Waals surface area contributed by atoms with E-state index < -0.39 is 5.54 Å². The van der Waals surface area contributed by atoms with Gasteiger partial charge in [0.05, 0.1) is 0 Å². The zero-order valence-electron chi connectivity index (χ0n) is 11.1. The van der Waals surface area contributed by atoms with Crippen LogP contribution in [0.2, 0.25) is 0 Å². The minimum absolute atomic E-state index is 0.0181. The van der Waals surface area contributed by atoms with Gasteiger partial charge in [-0.05, 0) is 26.7 Å². The van der Waals surface area contributed by atoms with Gasteiger partial charge in [-0.2, -0.15) is 0 Å². The first-order valence-electron chi connectivity index (χ1n) is 6.24. The third kappa shape index (κ3) is 2.51. The fourth-order valence-corrected chi connectivity index (χ4v) is 2.08. The Balaban J connectivity index is 3.00. The summed E-state index contributed by atoms with van der Waals surface area (Å²) in [5.41, 5.74) is -0.746. The second-order valence-electron chi connectivity index (χ2n) is 4.63. The van der Waals surface area contributed by atoms with Crippen LogP contribution >= 0.6 is 0 Å². The summed E-state index contributed by atoms with van der Waals surface area (Å²) in [5, 5.41) is 2.85. The molecule has 0 radical (unpaired) electrons. The summed E-state index contributed by atoms with van der Waals surface area (Å²) in [7, 11) is 0. The molecule has 0 aromatic rings. The summed E-state index contributed by atoms with van der Waals surface area (Å²) in [5.74, 6) is -0.0227.